The molecule has 0 radical (unpaired) electrons. The molecule has 0 aliphatic carbocycles. The van der Waals surface area contributed by atoms with Crippen molar-refractivity contribution in [2.45, 2.75) is 30.8 Å². The van der Waals surface area contributed by atoms with Crippen molar-refractivity contribution in [2.75, 3.05) is 33.3 Å². The fourth-order valence-electron chi connectivity index (χ4n) is 3.64. The molecule has 0 aromatic heterocycles. The SMILES string of the molecule is COc1ccccc1CNC(=O)[C@@H](C)N1CCCN(S(=O)(=O)c2ccc(F)cc2)CC1. The van der Waals surface area contributed by atoms with Gasteiger partial charge in [-0.2, -0.15) is 4.31 Å². The number of hydrogen-bond donors (Lipinski definition) is 1. The molecule has 7 nitrogen and oxygen atoms in total. The standard InChI is InChI=1S/C22H28FN3O4S/c1-17(22(27)24-16-18-6-3-4-7-21(18)30-2)25-12-5-13-26(15-14-25)31(28,29)20-10-8-19(23)9-11-20/h3-4,6-11,17H,5,12-16H2,1-2H3,(H,24,27)/t17-/m1/s1. The van der Waals surface area contributed by atoms with Crippen molar-refractivity contribution in [3.63, 3.8) is 0 Å². The molecule has 0 bridgehead atoms. The Hall–Kier alpha value is -2.49. The van der Waals surface area contributed by atoms with Crippen LogP contribution in [-0.4, -0.2) is 62.9 Å². The topological polar surface area (TPSA) is 79.0 Å². The van der Waals surface area contributed by atoms with Gasteiger partial charge in [0, 0.05) is 38.3 Å². The van der Waals surface area contributed by atoms with E-state index in [4.69, 9.17) is 4.74 Å². The van der Waals surface area contributed by atoms with Crippen LogP contribution in [0.4, 0.5) is 4.39 Å². The highest BCUT2D eigenvalue weighted by atomic mass is 32.2. The zero-order valence-corrected chi connectivity index (χ0v) is 18.6. The monoisotopic (exact) mass is 449 g/mol. The molecule has 1 heterocycles. The van der Waals surface area contributed by atoms with E-state index in [2.05, 4.69) is 5.32 Å². The molecule has 1 atom stereocenters. The second-order valence-corrected chi connectivity index (χ2v) is 9.39. The Kier molecular flexibility index (Phi) is 7.64. The summed E-state index contributed by atoms with van der Waals surface area (Å²) in [6.07, 6.45) is 0.602. The van der Waals surface area contributed by atoms with Gasteiger partial charge in [-0.15, -0.1) is 0 Å². The number of nitrogens with one attached hydrogen (secondary N) is 1. The largest absolute Gasteiger partial charge is 0.496 e. The van der Waals surface area contributed by atoms with Gasteiger partial charge in [0.1, 0.15) is 11.6 Å². The van der Waals surface area contributed by atoms with Crippen LogP contribution in [0.1, 0.15) is 18.9 Å². The highest BCUT2D eigenvalue weighted by Crippen LogP contribution is 2.20. The van der Waals surface area contributed by atoms with E-state index in [0.717, 1.165) is 17.7 Å². The van der Waals surface area contributed by atoms with Gasteiger partial charge in [0.25, 0.3) is 0 Å². The molecule has 1 saturated heterocycles. The van der Waals surface area contributed by atoms with Gasteiger partial charge < -0.3 is 10.1 Å². The van der Waals surface area contributed by atoms with Crippen molar-refractivity contribution in [1.29, 1.82) is 0 Å². The molecular weight excluding hydrogens is 421 g/mol. The van der Waals surface area contributed by atoms with E-state index < -0.39 is 21.9 Å². The minimum Gasteiger partial charge on any atom is -0.496 e. The van der Waals surface area contributed by atoms with Crippen molar-refractivity contribution in [3.8, 4) is 5.75 Å². The number of halogens is 1. The van der Waals surface area contributed by atoms with E-state index in [1.54, 1.807) is 7.11 Å². The summed E-state index contributed by atoms with van der Waals surface area (Å²) in [6, 6.07) is 11.9. The molecule has 0 spiro atoms. The average Bonchev–Trinajstić information content (AvgIpc) is 3.04. The summed E-state index contributed by atoms with van der Waals surface area (Å²) in [5.41, 5.74) is 0.887. The Labute approximate surface area is 182 Å². The fraction of sp³-hybridized carbons (Fsp3) is 0.409. The number of rotatable bonds is 7. The third-order valence-corrected chi connectivity index (χ3v) is 7.43. The molecule has 168 valence electrons. The second-order valence-electron chi connectivity index (χ2n) is 7.45. The number of para-hydroxylation sites is 1. The van der Waals surface area contributed by atoms with Crippen molar-refractivity contribution in [2.24, 2.45) is 0 Å². The molecule has 2 aromatic carbocycles. The molecule has 2 aromatic rings. The third-order valence-electron chi connectivity index (χ3n) is 5.51. The van der Waals surface area contributed by atoms with Gasteiger partial charge in [-0.3, -0.25) is 9.69 Å². The van der Waals surface area contributed by atoms with Crippen LogP contribution in [0.3, 0.4) is 0 Å². The number of sulfonamides is 1. The molecule has 1 aliphatic rings. The first-order valence-corrected chi connectivity index (χ1v) is 11.7. The molecule has 0 saturated carbocycles. The first-order valence-electron chi connectivity index (χ1n) is 10.2. The Morgan fingerprint density at radius 1 is 1.10 bits per heavy atom. The van der Waals surface area contributed by atoms with Gasteiger partial charge in [0.2, 0.25) is 15.9 Å². The summed E-state index contributed by atoms with van der Waals surface area (Å²) in [5.74, 6) is 0.113. The highest BCUT2D eigenvalue weighted by Gasteiger charge is 2.30. The summed E-state index contributed by atoms with van der Waals surface area (Å²) < 4.78 is 45.6. The number of carbonyl (C=O) groups is 1. The minimum absolute atomic E-state index is 0.0740. The number of carbonyl (C=O) groups excluding carboxylic acids is 1. The Morgan fingerprint density at radius 3 is 2.52 bits per heavy atom. The summed E-state index contributed by atoms with van der Waals surface area (Å²) in [5, 5.41) is 2.94. The van der Waals surface area contributed by atoms with Crippen LogP contribution < -0.4 is 10.1 Å². The summed E-state index contributed by atoms with van der Waals surface area (Å²) in [6.45, 7) is 3.84. The summed E-state index contributed by atoms with van der Waals surface area (Å²) in [7, 11) is -2.11. The smallest absolute Gasteiger partial charge is 0.243 e. The second kappa shape index (κ2) is 10.2. The van der Waals surface area contributed by atoms with Crippen molar-refractivity contribution in [3.05, 3.63) is 59.9 Å². The highest BCUT2D eigenvalue weighted by molar-refractivity contribution is 7.89. The van der Waals surface area contributed by atoms with Crippen molar-refractivity contribution >= 4 is 15.9 Å². The lowest BCUT2D eigenvalue weighted by Gasteiger charge is -2.27. The van der Waals surface area contributed by atoms with Crippen LogP contribution in [0.5, 0.6) is 5.75 Å². The Bertz CT molecular complexity index is 998. The molecular formula is C22H28FN3O4S. The van der Waals surface area contributed by atoms with Crippen molar-refractivity contribution < 1.29 is 22.3 Å². The lowest BCUT2D eigenvalue weighted by Crippen LogP contribution is -2.46. The van der Waals surface area contributed by atoms with Crippen LogP contribution in [0.2, 0.25) is 0 Å². The first-order chi connectivity index (χ1) is 14.8. The Balaban J connectivity index is 1.59. The van der Waals surface area contributed by atoms with Crippen LogP contribution in [0, 0.1) is 5.82 Å². The number of ether oxygens (including phenoxy) is 1. The maximum absolute atomic E-state index is 13.2. The molecule has 3 rings (SSSR count). The van der Waals surface area contributed by atoms with E-state index in [1.165, 1.54) is 16.4 Å². The molecule has 1 amide bonds. The number of benzene rings is 2. The van der Waals surface area contributed by atoms with Gasteiger partial charge in [-0.25, -0.2) is 12.8 Å². The summed E-state index contributed by atoms with van der Waals surface area (Å²) in [4.78, 5) is 14.8. The van der Waals surface area contributed by atoms with Gasteiger partial charge in [-0.05, 0) is 43.7 Å². The molecule has 1 fully saturated rings. The third kappa shape index (κ3) is 5.61. The first kappa shape index (κ1) is 23.2. The van der Waals surface area contributed by atoms with Crippen LogP contribution in [-0.2, 0) is 21.4 Å². The van der Waals surface area contributed by atoms with E-state index in [9.17, 15) is 17.6 Å². The number of nitrogens with zero attached hydrogens (tertiary/aromatic N) is 2. The predicted molar refractivity (Wildman–Crippen MR) is 116 cm³/mol. The van der Waals surface area contributed by atoms with Crippen molar-refractivity contribution in [1.82, 2.24) is 14.5 Å². The zero-order valence-electron chi connectivity index (χ0n) is 17.8. The maximum Gasteiger partial charge on any atom is 0.243 e. The predicted octanol–water partition coefficient (Wildman–Crippen LogP) is 2.24. The fourth-order valence-corrected chi connectivity index (χ4v) is 5.11. The quantitative estimate of drug-likeness (QED) is 0.701. The van der Waals surface area contributed by atoms with Gasteiger partial charge in [0.05, 0.1) is 18.0 Å². The molecule has 0 unspecified atom stereocenters. The molecule has 1 N–H and O–H groups in total. The average molecular weight is 450 g/mol. The minimum atomic E-state index is -3.70. The lowest BCUT2D eigenvalue weighted by atomic mass is 10.2. The summed E-state index contributed by atoms with van der Waals surface area (Å²) >= 11 is 0. The lowest BCUT2D eigenvalue weighted by molar-refractivity contribution is -0.126. The molecule has 9 heteroatoms. The molecule has 1 aliphatic heterocycles. The van der Waals surface area contributed by atoms with Crippen LogP contribution in [0.15, 0.2) is 53.4 Å². The van der Waals surface area contributed by atoms with E-state index in [1.807, 2.05) is 36.1 Å². The maximum atomic E-state index is 13.2. The van der Waals surface area contributed by atoms with Crippen LogP contribution >= 0.6 is 0 Å². The normalized spacial score (nSPS) is 17.0. The van der Waals surface area contributed by atoms with E-state index in [-0.39, 0.29) is 17.3 Å². The van der Waals surface area contributed by atoms with Crippen LogP contribution in [0.25, 0.3) is 0 Å². The number of methoxy groups -OCH3 is 1. The number of hydrogen-bond acceptors (Lipinski definition) is 5. The zero-order chi connectivity index (χ0) is 22.4. The van der Waals surface area contributed by atoms with Gasteiger partial charge in [0.15, 0.2) is 0 Å². The molecule has 31 heavy (non-hydrogen) atoms. The van der Waals surface area contributed by atoms with E-state index in [0.29, 0.717) is 38.3 Å². The van der Waals surface area contributed by atoms with Gasteiger partial charge in [-0.1, -0.05) is 18.2 Å². The Morgan fingerprint density at radius 2 is 1.81 bits per heavy atom. The van der Waals surface area contributed by atoms with E-state index >= 15 is 0 Å². The van der Waals surface area contributed by atoms with Gasteiger partial charge >= 0.3 is 0 Å². The number of amides is 1.